The van der Waals surface area contributed by atoms with E-state index in [4.69, 9.17) is 9.47 Å². The molecule has 1 heterocycles. The number of nitrogens with zero attached hydrogens (tertiary/aromatic N) is 2. The molecule has 0 aliphatic carbocycles. The zero-order chi connectivity index (χ0) is 26.3. The van der Waals surface area contributed by atoms with E-state index in [1.807, 2.05) is 31.2 Å². The molecule has 0 bridgehead atoms. The number of aliphatic hydroxyl groups excluding tert-OH is 1. The van der Waals surface area contributed by atoms with E-state index in [0.29, 0.717) is 25.4 Å². The molecule has 1 aliphatic rings. The van der Waals surface area contributed by atoms with Crippen molar-refractivity contribution in [2.45, 2.75) is 32.4 Å². The van der Waals surface area contributed by atoms with Gasteiger partial charge in [-0.15, -0.1) is 13.2 Å². The summed E-state index contributed by atoms with van der Waals surface area (Å²) in [6.07, 6.45) is -4.49. The summed E-state index contributed by atoms with van der Waals surface area (Å²) < 4.78 is 52.0. The molecule has 0 saturated carbocycles. The first kappa shape index (κ1) is 26.5. The maximum Gasteiger partial charge on any atom is 0.573 e. The first-order valence-corrected chi connectivity index (χ1v) is 12.3. The van der Waals surface area contributed by atoms with Gasteiger partial charge in [-0.25, -0.2) is 0 Å². The van der Waals surface area contributed by atoms with E-state index in [1.54, 1.807) is 0 Å². The van der Waals surface area contributed by atoms with Crippen LogP contribution in [-0.2, 0) is 6.61 Å². The van der Waals surface area contributed by atoms with Crippen LogP contribution in [-0.4, -0.2) is 50.4 Å². The highest BCUT2D eigenvalue weighted by molar-refractivity contribution is 5.53. The molecule has 198 valence electrons. The lowest BCUT2D eigenvalue weighted by molar-refractivity contribution is -0.274. The van der Waals surface area contributed by atoms with Gasteiger partial charge in [-0.3, -0.25) is 0 Å². The predicted molar refractivity (Wildman–Crippen MR) is 137 cm³/mol. The summed E-state index contributed by atoms with van der Waals surface area (Å²) in [4.78, 5) is 4.68. The van der Waals surface area contributed by atoms with Crippen molar-refractivity contribution in [1.82, 2.24) is 0 Å². The zero-order valence-electron chi connectivity index (χ0n) is 20.7. The first-order valence-electron chi connectivity index (χ1n) is 12.3. The molecule has 0 radical (unpaired) electrons. The summed E-state index contributed by atoms with van der Waals surface area (Å²) in [5, 5.41) is 9.65. The molecule has 0 aromatic heterocycles. The van der Waals surface area contributed by atoms with E-state index >= 15 is 0 Å². The van der Waals surface area contributed by atoms with Crippen molar-refractivity contribution in [2.24, 2.45) is 0 Å². The van der Waals surface area contributed by atoms with Gasteiger partial charge in [0.1, 0.15) is 30.5 Å². The highest BCUT2D eigenvalue weighted by atomic mass is 19.4. The van der Waals surface area contributed by atoms with Crippen LogP contribution in [0.25, 0.3) is 0 Å². The lowest BCUT2D eigenvalue weighted by atomic mass is 10.1. The lowest BCUT2D eigenvalue weighted by Gasteiger charge is -2.37. The van der Waals surface area contributed by atoms with Crippen molar-refractivity contribution in [2.75, 3.05) is 42.6 Å². The second kappa shape index (κ2) is 12.1. The summed E-state index contributed by atoms with van der Waals surface area (Å²) in [5.41, 5.74) is 3.25. The number of hydrogen-bond donors (Lipinski definition) is 1. The van der Waals surface area contributed by atoms with Gasteiger partial charge in [-0.2, -0.15) is 0 Å². The molecular formula is C28H31F3N2O4. The van der Waals surface area contributed by atoms with Gasteiger partial charge in [0, 0.05) is 37.6 Å². The number of piperazine rings is 1. The van der Waals surface area contributed by atoms with Crippen molar-refractivity contribution in [3.63, 3.8) is 0 Å². The number of hydrogen-bond acceptors (Lipinski definition) is 6. The zero-order valence-corrected chi connectivity index (χ0v) is 20.7. The monoisotopic (exact) mass is 516 g/mol. The minimum atomic E-state index is -4.71. The van der Waals surface area contributed by atoms with Crippen LogP contribution in [0.2, 0.25) is 0 Å². The van der Waals surface area contributed by atoms with Crippen LogP contribution >= 0.6 is 0 Å². The van der Waals surface area contributed by atoms with E-state index in [0.717, 1.165) is 48.9 Å². The smallest absolute Gasteiger partial charge is 0.491 e. The van der Waals surface area contributed by atoms with Crippen LogP contribution in [0.15, 0.2) is 72.8 Å². The minimum Gasteiger partial charge on any atom is -0.491 e. The fourth-order valence-corrected chi connectivity index (χ4v) is 3.99. The van der Waals surface area contributed by atoms with Gasteiger partial charge in [-0.1, -0.05) is 19.1 Å². The Kier molecular flexibility index (Phi) is 8.66. The van der Waals surface area contributed by atoms with E-state index in [-0.39, 0.29) is 5.75 Å². The number of alkyl halides is 3. The number of ether oxygens (including phenoxy) is 3. The summed E-state index contributed by atoms with van der Waals surface area (Å²) in [6, 6.07) is 21.5. The van der Waals surface area contributed by atoms with E-state index < -0.39 is 12.5 Å². The second-order valence-electron chi connectivity index (χ2n) is 8.82. The maximum atomic E-state index is 12.3. The van der Waals surface area contributed by atoms with E-state index in [1.165, 1.54) is 24.3 Å². The lowest BCUT2D eigenvalue weighted by Crippen LogP contribution is -2.46. The normalized spacial score (nSPS) is 14.8. The molecule has 1 saturated heterocycles. The second-order valence-corrected chi connectivity index (χ2v) is 8.82. The molecule has 4 rings (SSSR count). The third-order valence-electron chi connectivity index (χ3n) is 6.16. The highest BCUT2D eigenvalue weighted by Crippen LogP contribution is 2.26. The molecule has 1 aliphatic heterocycles. The Balaban J connectivity index is 1.23. The van der Waals surface area contributed by atoms with Crippen LogP contribution < -0.4 is 24.0 Å². The Hall–Kier alpha value is -3.59. The number of aliphatic hydroxyl groups is 1. The van der Waals surface area contributed by atoms with E-state index in [9.17, 15) is 18.3 Å². The van der Waals surface area contributed by atoms with Crippen molar-refractivity contribution in [3.8, 4) is 17.2 Å². The van der Waals surface area contributed by atoms with Crippen LogP contribution in [0.3, 0.4) is 0 Å². The third-order valence-corrected chi connectivity index (χ3v) is 6.16. The number of benzene rings is 3. The SMILES string of the molecule is CCC(O)COc1ccc(N2CCN(c3ccc(COc4ccc(OC(F)(F)F)cc4)cc3)CC2)cc1. The standard InChI is InChI=1S/C28H31F3N2O4/c1-2-24(34)20-36-25-9-7-23(8-10-25)33-17-15-32(16-18-33)22-5-3-21(4-6-22)19-35-26-11-13-27(14-12-26)37-28(29,30)31/h3-14,24,34H,2,15-20H2,1H3. The van der Waals surface area contributed by atoms with Gasteiger partial charge < -0.3 is 29.1 Å². The van der Waals surface area contributed by atoms with Crippen molar-refractivity contribution < 1.29 is 32.5 Å². The first-order chi connectivity index (χ1) is 17.8. The quantitative estimate of drug-likeness (QED) is 0.377. The average molecular weight is 517 g/mol. The number of halogens is 3. The van der Waals surface area contributed by atoms with Crippen LogP contribution in [0.1, 0.15) is 18.9 Å². The van der Waals surface area contributed by atoms with Crippen LogP contribution in [0.4, 0.5) is 24.5 Å². The van der Waals surface area contributed by atoms with Crippen molar-refractivity contribution in [1.29, 1.82) is 0 Å². The molecule has 1 N–H and O–H groups in total. The van der Waals surface area contributed by atoms with Crippen LogP contribution in [0, 0.1) is 0 Å². The topological polar surface area (TPSA) is 54.4 Å². The van der Waals surface area contributed by atoms with Crippen molar-refractivity contribution >= 4 is 11.4 Å². The summed E-state index contributed by atoms with van der Waals surface area (Å²) in [5.74, 6) is 0.942. The van der Waals surface area contributed by atoms with Gasteiger partial charge in [0.2, 0.25) is 0 Å². The third kappa shape index (κ3) is 7.95. The molecule has 3 aromatic rings. The Morgan fingerprint density at radius 3 is 1.70 bits per heavy atom. The Morgan fingerprint density at radius 2 is 1.19 bits per heavy atom. The molecule has 0 spiro atoms. The highest BCUT2D eigenvalue weighted by Gasteiger charge is 2.31. The molecule has 0 amide bonds. The van der Waals surface area contributed by atoms with Gasteiger partial charge in [0.05, 0.1) is 6.10 Å². The van der Waals surface area contributed by atoms with Crippen LogP contribution in [0.5, 0.6) is 17.2 Å². The molecule has 6 nitrogen and oxygen atoms in total. The van der Waals surface area contributed by atoms with Gasteiger partial charge in [-0.05, 0) is 72.6 Å². The van der Waals surface area contributed by atoms with Gasteiger partial charge in [0.15, 0.2) is 0 Å². The maximum absolute atomic E-state index is 12.3. The molecule has 37 heavy (non-hydrogen) atoms. The summed E-state index contributed by atoms with van der Waals surface area (Å²) >= 11 is 0. The number of rotatable bonds is 10. The average Bonchev–Trinajstić information content (AvgIpc) is 2.91. The molecular weight excluding hydrogens is 485 g/mol. The molecule has 1 unspecified atom stereocenters. The summed E-state index contributed by atoms with van der Waals surface area (Å²) in [7, 11) is 0. The van der Waals surface area contributed by atoms with E-state index in [2.05, 4.69) is 38.8 Å². The molecule has 1 fully saturated rings. The predicted octanol–water partition coefficient (Wildman–Crippen LogP) is 5.64. The molecule has 1 atom stereocenters. The van der Waals surface area contributed by atoms with Gasteiger partial charge in [0.25, 0.3) is 0 Å². The van der Waals surface area contributed by atoms with Crippen molar-refractivity contribution in [3.05, 3.63) is 78.4 Å². The molecule has 9 heteroatoms. The molecule has 3 aromatic carbocycles. The Labute approximate surface area is 214 Å². The fourth-order valence-electron chi connectivity index (χ4n) is 3.99. The largest absolute Gasteiger partial charge is 0.573 e. The summed E-state index contributed by atoms with van der Waals surface area (Å²) in [6.45, 7) is 6.11. The van der Waals surface area contributed by atoms with Gasteiger partial charge >= 0.3 is 6.36 Å². The Morgan fingerprint density at radius 1 is 0.730 bits per heavy atom. The Bertz CT molecular complexity index is 1100. The minimum absolute atomic E-state index is 0.279. The fraction of sp³-hybridized carbons (Fsp3) is 0.357. The number of anilines is 2.